The molecule has 0 atom stereocenters. The van der Waals surface area contributed by atoms with Gasteiger partial charge in [0.2, 0.25) is 0 Å². The summed E-state index contributed by atoms with van der Waals surface area (Å²) in [6.45, 7) is 0.315. The molecule has 0 spiro atoms. The molecule has 7 nitrogen and oxygen atoms in total. The van der Waals surface area contributed by atoms with Gasteiger partial charge in [0, 0.05) is 25.4 Å². The molecule has 2 rings (SSSR count). The largest absolute Gasteiger partial charge is 0.351 e. The molecule has 1 amide bonds. The Morgan fingerprint density at radius 3 is 2.95 bits per heavy atom. The number of nitro benzene ring substituents is 1. The van der Waals surface area contributed by atoms with E-state index in [0.717, 1.165) is 5.82 Å². The SMILES string of the molecule is O=C(NCCc1ncc[nH]1)c1cccc(Cl)c1[N+](=O)[O-]. The lowest BCUT2D eigenvalue weighted by molar-refractivity contribution is -0.385. The van der Waals surface area contributed by atoms with E-state index in [1.807, 2.05) is 0 Å². The first kappa shape index (κ1) is 14.0. The van der Waals surface area contributed by atoms with Crippen molar-refractivity contribution in [1.82, 2.24) is 15.3 Å². The average molecular weight is 295 g/mol. The van der Waals surface area contributed by atoms with E-state index >= 15 is 0 Å². The van der Waals surface area contributed by atoms with Crippen molar-refractivity contribution in [3.05, 3.63) is 57.1 Å². The number of benzene rings is 1. The zero-order valence-corrected chi connectivity index (χ0v) is 11.1. The Bertz CT molecular complexity index is 628. The fraction of sp³-hybridized carbons (Fsp3) is 0.167. The molecule has 0 aliphatic rings. The molecule has 0 aliphatic heterocycles. The summed E-state index contributed by atoms with van der Waals surface area (Å²) < 4.78 is 0. The molecule has 1 heterocycles. The van der Waals surface area contributed by atoms with E-state index in [-0.39, 0.29) is 16.3 Å². The van der Waals surface area contributed by atoms with Gasteiger partial charge in [-0.25, -0.2) is 4.98 Å². The highest BCUT2D eigenvalue weighted by Crippen LogP contribution is 2.27. The van der Waals surface area contributed by atoms with Gasteiger partial charge in [-0.1, -0.05) is 17.7 Å². The fourth-order valence-corrected chi connectivity index (χ4v) is 1.95. The molecular formula is C12H11ClN4O3. The van der Waals surface area contributed by atoms with Gasteiger partial charge >= 0.3 is 5.69 Å². The Morgan fingerprint density at radius 2 is 2.30 bits per heavy atom. The van der Waals surface area contributed by atoms with E-state index in [1.165, 1.54) is 18.2 Å². The lowest BCUT2D eigenvalue weighted by Crippen LogP contribution is -2.26. The van der Waals surface area contributed by atoms with Crippen LogP contribution < -0.4 is 5.32 Å². The van der Waals surface area contributed by atoms with E-state index in [1.54, 1.807) is 12.4 Å². The number of rotatable bonds is 5. The van der Waals surface area contributed by atoms with Crippen molar-refractivity contribution in [2.45, 2.75) is 6.42 Å². The number of nitrogens with zero attached hydrogens (tertiary/aromatic N) is 2. The maximum Gasteiger partial charge on any atom is 0.300 e. The summed E-state index contributed by atoms with van der Waals surface area (Å²) >= 11 is 5.75. The fourth-order valence-electron chi connectivity index (χ4n) is 1.71. The first-order valence-corrected chi connectivity index (χ1v) is 6.16. The van der Waals surface area contributed by atoms with Gasteiger partial charge in [-0.15, -0.1) is 0 Å². The molecule has 0 saturated carbocycles. The first-order chi connectivity index (χ1) is 9.59. The molecule has 20 heavy (non-hydrogen) atoms. The van der Waals surface area contributed by atoms with Gasteiger partial charge in [0.15, 0.2) is 0 Å². The number of H-pyrrole nitrogens is 1. The van der Waals surface area contributed by atoms with Crippen LogP contribution in [0.3, 0.4) is 0 Å². The Labute approximate surface area is 119 Å². The van der Waals surface area contributed by atoms with Crippen molar-refractivity contribution >= 4 is 23.2 Å². The monoisotopic (exact) mass is 294 g/mol. The molecule has 0 bridgehead atoms. The zero-order chi connectivity index (χ0) is 14.5. The summed E-state index contributed by atoms with van der Waals surface area (Å²) in [4.78, 5) is 29.1. The maximum absolute atomic E-state index is 11.9. The van der Waals surface area contributed by atoms with Gasteiger partial charge in [-0.05, 0) is 12.1 Å². The predicted octanol–water partition coefficient (Wildman–Crippen LogP) is 1.94. The van der Waals surface area contributed by atoms with Crippen LogP contribution in [0.2, 0.25) is 5.02 Å². The molecule has 1 aromatic carbocycles. The number of carbonyl (C=O) groups is 1. The van der Waals surface area contributed by atoms with Crippen molar-refractivity contribution in [3.63, 3.8) is 0 Å². The maximum atomic E-state index is 11.9. The second-order valence-corrected chi connectivity index (χ2v) is 4.34. The molecule has 0 saturated heterocycles. The molecule has 2 N–H and O–H groups in total. The Kier molecular flexibility index (Phi) is 4.31. The second-order valence-electron chi connectivity index (χ2n) is 3.93. The highest BCUT2D eigenvalue weighted by molar-refractivity contribution is 6.33. The normalized spacial score (nSPS) is 10.2. The van der Waals surface area contributed by atoms with Crippen molar-refractivity contribution in [3.8, 4) is 0 Å². The van der Waals surface area contributed by atoms with Gasteiger partial charge in [0.1, 0.15) is 16.4 Å². The Hall–Kier alpha value is -2.41. The van der Waals surface area contributed by atoms with Crippen LogP contribution in [0.4, 0.5) is 5.69 Å². The smallest absolute Gasteiger partial charge is 0.300 e. The summed E-state index contributed by atoms with van der Waals surface area (Å²) in [6.07, 6.45) is 3.80. The highest BCUT2D eigenvalue weighted by atomic mass is 35.5. The molecule has 104 valence electrons. The topological polar surface area (TPSA) is 101 Å². The summed E-state index contributed by atoms with van der Waals surface area (Å²) in [5, 5.41) is 13.5. The predicted molar refractivity (Wildman–Crippen MR) is 72.7 cm³/mol. The molecule has 1 aromatic heterocycles. The third-order valence-corrected chi connectivity index (χ3v) is 2.92. The number of aromatic nitrogens is 2. The molecule has 0 unspecified atom stereocenters. The molecule has 2 aromatic rings. The third kappa shape index (κ3) is 3.12. The zero-order valence-electron chi connectivity index (χ0n) is 10.3. The van der Waals surface area contributed by atoms with E-state index in [0.29, 0.717) is 13.0 Å². The molecule has 0 aliphatic carbocycles. The quantitative estimate of drug-likeness (QED) is 0.650. The van der Waals surface area contributed by atoms with Crippen LogP contribution in [0.25, 0.3) is 0 Å². The third-order valence-electron chi connectivity index (χ3n) is 2.62. The first-order valence-electron chi connectivity index (χ1n) is 5.79. The van der Waals surface area contributed by atoms with Gasteiger partial charge in [0.05, 0.1) is 4.92 Å². The Balaban J connectivity index is 2.06. The Morgan fingerprint density at radius 1 is 1.50 bits per heavy atom. The lowest BCUT2D eigenvalue weighted by atomic mass is 10.1. The summed E-state index contributed by atoms with van der Waals surface area (Å²) in [6, 6.07) is 4.24. The van der Waals surface area contributed by atoms with Crippen LogP contribution in [0.1, 0.15) is 16.2 Å². The number of halogens is 1. The molecular weight excluding hydrogens is 284 g/mol. The molecule has 0 fully saturated rings. The molecule has 0 radical (unpaired) electrons. The van der Waals surface area contributed by atoms with Crippen LogP contribution in [0, 0.1) is 10.1 Å². The standard InChI is InChI=1S/C12H11ClN4O3/c13-9-3-1-2-8(11(9)17(19)20)12(18)16-5-4-10-14-6-7-15-10/h1-3,6-7H,4-5H2,(H,14,15)(H,16,18). The average Bonchev–Trinajstić information content (AvgIpc) is 2.91. The number of imidazole rings is 1. The van der Waals surface area contributed by atoms with Crippen molar-refractivity contribution in [1.29, 1.82) is 0 Å². The van der Waals surface area contributed by atoms with Crippen LogP contribution in [0.5, 0.6) is 0 Å². The van der Waals surface area contributed by atoms with Crippen molar-refractivity contribution in [2.75, 3.05) is 6.54 Å². The number of nitrogens with one attached hydrogen (secondary N) is 2. The molecule has 8 heteroatoms. The number of aromatic amines is 1. The van der Waals surface area contributed by atoms with E-state index < -0.39 is 10.8 Å². The van der Waals surface area contributed by atoms with Crippen LogP contribution >= 0.6 is 11.6 Å². The van der Waals surface area contributed by atoms with Crippen LogP contribution in [-0.2, 0) is 6.42 Å². The summed E-state index contributed by atoms with van der Waals surface area (Å²) in [7, 11) is 0. The van der Waals surface area contributed by atoms with Gasteiger partial charge < -0.3 is 10.3 Å². The summed E-state index contributed by atoms with van der Waals surface area (Å²) in [5.74, 6) is 0.191. The highest BCUT2D eigenvalue weighted by Gasteiger charge is 2.23. The van der Waals surface area contributed by atoms with E-state index in [9.17, 15) is 14.9 Å². The second kappa shape index (κ2) is 6.16. The number of nitro groups is 1. The van der Waals surface area contributed by atoms with Crippen molar-refractivity contribution in [2.24, 2.45) is 0 Å². The summed E-state index contributed by atoms with van der Waals surface area (Å²) in [5.41, 5.74) is -0.438. The minimum absolute atomic E-state index is 0.0538. The number of carbonyl (C=O) groups excluding carboxylic acids is 1. The van der Waals surface area contributed by atoms with Gasteiger partial charge in [-0.3, -0.25) is 14.9 Å². The van der Waals surface area contributed by atoms with Gasteiger partial charge in [0.25, 0.3) is 5.91 Å². The van der Waals surface area contributed by atoms with Crippen LogP contribution in [-0.4, -0.2) is 27.3 Å². The number of amides is 1. The minimum Gasteiger partial charge on any atom is -0.351 e. The van der Waals surface area contributed by atoms with E-state index in [2.05, 4.69) is 15.3 Å². The number of hydrogen-bond acceptors (Lipinski definition) is 4. The number of para-hydroxylation sites is 1. The van der Waals surface area contributed by atoms with Gasteiger partial charge in [-0.2, -0.15) is 0 Å². The minimum atomic E-state index is -0.663. The van der Waals surface area contributed by atoms with E-state index in [4.69, 9.17) is 11.6 Å². The number of hydrogen-bond donors (Lipinski definition) is 2. The lowest BCUT2D eigenvalue weighted by Gasteiger charge is -2.05. The van der Waals surface area contributed by atoms with Crippen LogP contribution in [0.15, 0.2) is 30.6 Å². The van der Waals surface area contributed by atoms with Crippen molar-refractivity contribution < 1.29 is 9.72 Å².